The molecule has 20 heavy (non-hydrogen) atoms. The summed E-state index contributed by atoms with van der Waals surface area (Å²) in [7, 11) is 0. The van der Waals surface area contributed by atoms with Gasteiger partial charge in [0.25, 0.3) is 0 Å². The Kier molecular flexibility index (Phi) is 4.14. The Balaban J connectivity index is 1.63. The maximum absolute atomic E-state index is 9.28. The Morgan fingerprint density at radius 1 is 1.25 bits per heavy atom. The van der Waals surface area contributed by atoms with Crippen LogP contribution < -0.4 is 0 Å². The van der Waals surface area contributed by atoms with Gasteiger partial charge in [-0.15, -0.1) is 0 Å². The highest BCUT2D eigenvalue weighted by atomic mass is 16.3. The number of likely N-dealkylation sites (tertiary alicyclic amines) is 1. The van der Waals surface area contributed by atoms with Crippen LogP contribution in [0, 0.1) is 5.92 Å². The quantitative estimate of drug-likeness (QED) is 0.925. The molecule has 2 heterocycles. The maximum atomic E-state index is 9.28. The van der Waals surface area contributed by atoms with E-state index in [-0.39, 0.29) is 0 Å². The van der Waals surface area contributed by atoms with Gasteiger partial charge >= 0.3 is 0 Å². The number of benzene rings is 1. The SMILES string of the molecule is OCC1CCCN(Cc2ccc(-n3cccn3)cc2)C1. The van der Waals surface area contributed by atoms with E-state index < -0.39 is 0 Å². The van der Waals surface area contributed by atoms with E-state index in [0.717, 1.165) is 31.7 Å². The summed E-state index contributed by atoms with van der Waals surface area (Å²) < 4.78 is 1.87. The minimum absolute atomic E-state index is 0.314. The number of aliphatic hydroxyl groups is 1. The molecule has 0 bridgehead atoms. The molecule has 1 fully saturated rings. The molecule has 1 aliphatic rings. The Bertz CT molecular complexity index is 521. The molecule has 1 aromatic heterocycles. The monoisotopic (exact) mass is 271 g/mol. The van der Waals surface area contributed by atoms with Crippen molar-refractivity contribution >= 4 is 0 Å². The maximum Gasteiger partial charge on any atom is 0.0645 e. The third-order valence-corrected chi connectivity index (χ3v) is 3.97. The molecule has 1 N–H and O–H groups in total. The van der Waals surface area contributed by atoms with E-state index in [1.807, 2.05) is 16.9 Å². The zero-order valence-electron chi connectivity index (χ0n) is 11.7. The number of hydrogen-bond acceptors (Lipinski definition) is 3. The van der Waals surface area contributed by atoms with Crippen LogP contribution in [-0.2, 0) is 6.54 Å². The van der Waals surface area contributed by atoms with Crippen LogP contribution >= 0.6 is 0 Å². The van der Waals surface area contributed by atoms with Crippen LogP contribution in [0.25, 0.3) is 5.69 Å². The molecule has 0 saturated carbocycles. The first-order valence-electron chi connectivity index (χ1n) is 7.27. The summed E-state index contributed by atoms with van der Waals surface area (Å²) in [6, 6.07) is 10.5. The van der Waals surface area contributed by atoms with E-state index in [1.54, 1.807) is 6.20 Å². The lowest BCUT2D eigenvalue weighted by atomic mass is 9.98. The fraction of sp³-hybridized carbons (Fsp3) is 0.438. The fourth-order valence-electron chi connectivity index (χ4n) is 2.88. The van der Waals surface area contributed by atoms with E-state index in [4.69, 9.17) is 0 Å². The molecule has 0 aliphatic carbocycles. The van der Waals surface area contributed by atoms with Gasteiger partial charge in [0.2, 0.25) is 0 Å². The Hall–Kier alpha value is -1.65. The van der Waals surface area contributed by atoms with Crippen molar-refractivity contribution in [3.8, 4) is 5.69 Å². The molecular formula is C16H21N3O. The molecular weight excluding hydrogens is 250 g/mol. The Morgan fingerprint density at radius 2 is 2.10 bits per heavy atom. The second-order valence-electron chi connectivity index (χ2n) is 5.54. The smallest absolute Gasteiger partial charge is 0.0645 e. The molecule has 4 nitrogen and oxygen atoms in total. The van der Waals surface area contributed by atoms with Crippen molar-refractivity contribution in [2.75, 3.05) is 19.7 Å². The van der Waals surface area contributed by atoms with Crippen molar-refractivity contribution < 1.29 is 5.11 Å². The summed E-state index contributed by atoms with van der Waals surface area (Å²) in [5.74, 6) is 0.451. The molecule has 2 aromatic rings. The predicted molar refractivity (Wildman–Crippen MR) is 78.7 cm³/mol. The molecule has 1 aromatic carbocycles. The van der Waals surface area contributed by atoms with E-state index >= 15 is 0 Å². The molecule has 0 spiro atoms. The summed E-state index contributed by atoms with van der Waals surface area (Å²) in [6.07, 6.45) is 6.09. The van der Waals surface area contributed by atoms with E-state index in [2.05, 4.69) is 34.3 Å². The fourth-order valence-corrected chi connectivity index (χ4v) is 2.88. The lowest BCUT2D eigenvalue weighted by molar-refractivity contribution is 0.116. The third-order valence-electron chi connectivity index (χ3n) is 3.97. The van der Waals surface area contributed by atoms with Crippen molar-refractivity contribution in [1.29, 1.82) is 0 Å². The topological polar surface area (TPSA) is 41.3 Å². The molecule has 1 saturated heterocycles. The molecule has 1 atom stereocenters. The average molecular weight is 271 g/mol. The van der Waals surface area contributed by atoms with Gasteiger partial charge in [0.1, 0.15) is 0 Å². The van der Waals surface area contributed by atoms with Crippen molar-refractivity contribution in [3.05, 3.63) is 48.3 Å². The van der Waals surface area contributed by atoms with Gasteiger partial charge in [-0.05, 0) is 49.1 Å². The molecule has 0 radical (unpaired) electrons. The highest BCUT2D eigenvalue weighted by Crippen LogP contribution is 2.18. The zero-order valence-corrected chi connectivity index (χ0v) is 11.7. The van der Waals surface area contributed by atoms with Crippen molar-refractivity contribution in [3.63, 3.8) is 0 Å². The van der Waals surface area contributed by atoms with Crippen molar-refractivity contribution in [2.45, 2.75) is 19.4 Å². The lowest BCUT2D eigenvalue weighted by Gasteiger charge is -2.31. The average Bonchev–Trinajstić information content (AvgIpc) is 3.02. The largest absolute Gasteiger partial charge is 0.396 e. The summed E-state index contributed by atoms with van der Waals surface area (Å²) in [5, 5.41) is 13.5. The van der Waals surface area contributed by atoms with Gasteiger partial charge in [0.15, 0.2) is 0 Å². The molecule has 1 unspecified atom stereocenters. The number of rotatable bonds is 4. The van der Waals surface area contributed by atoms with Gasteiger partial charge in [0.05, 0.1) is 5.69 Å². The molecule has 0 amide bonds. The lowest BCUT2D eigenvalue weighted by Crippen LogP contribution is -2.36. The summed E-state index contributed by atoms with van der Waals surface area (Å²) in [4.78, 5) is 2.44. The van der Waals surface area contributed by atoms with Crippen molar-refractivity contribution in [2.24, 2.45) is 5.92 Å². The molecule has 106 valence electrons. The van der Waals surface area contributed by atoms with Crippen LogP contribution in [0.3, 0.4) is 0 Å². The van der Waals surface area contributed by atoms with Crippen LogP contribution in [0.5, 0.6) is 0 Å². The molecule has 1 aliphatic heterocycles. The minimum atomic E-state index is 0.314. The number of piperidine rings is 1. The zero-order chi connectivity index (χ0) is 13.8. The van der Waals surface area contributed by atoms with Crippen LogP contribution in [0.4, 0.5) is 0 Å². The van der Waals surface area contributed by atoms with Gasteiger partial charge in [-0.1, -0.05) is 12.1 Å². The van der Waals surface area contributed by atoms with Gasteiger partial charge in [-0.3, -0.25) is 4.90 Å². The summed E-state index contributed by atoms with van der Waals surface area (Å²) in [6.45, 7) is 3.43. The molecule has 4 heteroatoms. The number of aliphatic hydroxyl groups excluding tert-OH is 1. The van der Waals surface area contributed by atoms with Gasteiger partial charge < -0.3 is 5.11 Å². The summed E-state index contributed by atoms with van der Waals surface area (Å²) >= 11 is 0. The van der Waals surface area contributed by atoms with Gasteiger partial charge in [0, 0.05) is 32.1 Å². The minimum Gasteiger partial charge on any atom is -0.396 e. The van der Waals surface area contributed by atoms with Gasteiger partial charge in [-0.2, -0.15) is 5.10 Å². The highest BCUT2D eigenvalue weighted by molar-refractivity contribution is 5.33. The van der Waals surface area contributed by atoms with E-state index in [0.29, 0.717) is 12.5 Å². The standard InChI is InChI=1S/C16H21N3O/c20-13-15-3-1-9-18(12-15)11-14-4-6-16(7-5-14)19-10-2-8-17-19/h2,4-8,10,15,20H,1,3,9,11-13H2. The normalized spacial score (nSPS) is 20.1. The first-order chi connectivity index (χ1) is 9.85. The van der Waals surface area contributed by atoms with Crippen LogP contribution in [0.2, 0.25) is 0 Å². The predicted octanol–water partition coefficient (Wildman–Crippen LogP) is 2.08. The second kappa shape index (κ2) is 6.20. The Labute approximate surface area is 119 Å². The van der Waals surface area contributed by atoms with E-state index in [9.17, 15) is 5.11 Å². The van der Waals surface area contributed by atoms with Crippen LogP contribution in [0.15, 0.2) is 42.7 Å². The van der Waals surface area contributed by atoms with E-state index in [1.165, 1.54) is 12.0 Å². The first-order valence-corrected chi connectivity index (χ1v) is 7.27. The first kappa shape index (κ1) is 13.3. The number of nitrogens with zero attached hydrogens (tertiary/aromatic N) is 3. The van der Waals surface area contributed by atoms with Crippen LogP contribution in [0.1, 0.15) is 18.4 Å². The number of hydrogen-bond donors (Lipinski definition) is 1. The number of aromatic nitrogens is 2. The van der Waals surface area contributed by atoms with Gasteiger partial charge in [-0.25, -0.2) is 4.68 Å². The highest BCUT2D eigenvalue weighted by Gasteiger charge is 2.18. The molecule has 3 rings (SSSR count). The van der Waals surface area contributed by atoms with Crippen molar-refractivity contribution in [1.82, 2.24) is 14.7 Å². The van der Waals surface area contributed by atoms with Crippen LogP contribution in [-0.4, -0.2) is 39.5 Å². The summed E-state index contributed by atoms with van der Waals surface area (Å²) in [5.41, 5.74) is 2.41. The third kappa shape index (κ3) is 3.08. The second-order valence-corrected chi connectivity index (χ2v) is 5.54. The Morgan fingerprint density at radius 3 is 2.80 bits per heavy atom.